The van der Waals surface area contributed by atoms with Crippen LogP contribution in [0.1, 0.15) is 58.8 Å². The molecule has 1 aliphatic carbocycles. The summed E-state index contributed by atoms with van der Waals surface area (Å²) in [5, 5.41) is 6.74. The number of amides is 1. The van der Waals surface area contributed by atoms with E-state index in [0.29, 0.717) is 17.9 Å². The molecule has 1 amide bonds. The monoisotopic (exact) mass is 252 g/mol. The Hall–Kier alpha value is -0.570. The average molecular weight is 252 g/mol. The van der Waals surface area contributed by atoms with Gasteiger partial charge in [-0.25, -0.2) is 0 Å². The van der Waals surface area contributed by atoms with Crippen molar-refractivity contribution >= 4 is 5.91 Å². The molecule has 18 heavy (non-hydrogen) atoms. The molecule has 0 aromatic heterocycles. The van der Waals surface area contributed by atoms with Crippen molar-refractivity contribution in [2.75, 3.05) is 13.1 Å². The molecule has 3 nitrogen and oxygen atoms in total. The van der Waals surface area contributed by atoms with Gasteiger partial charge in [0.1, 0.15) is 0 Å². The number of carbonyl (C=O) groups excluding carboxylic acids is 1. The van der Waals surface area contributed by atoms with Crippen LogP contribution < -0.4 is 10.6 Å². The summed E-state index contributed by atoms with van der Waals surface area (Å²) in [6.45, 7) is 6.53. The highest BCUT2D eigenvalue weighted by Crippen LogP contribution is 2.41. The minimum atomic E-state index is -0.0453. The van der Waals surface area contributed by atoms with Gasteiger partial charge in [-0.2, -0.15) is 0 Å². The zero-order valence-corrected chi connectivity index (χ0v) is 11.9. The topological polar surface area (TPSA) is 41.1 Å². The summed E-state index contributed by atoms with van der Waals surface area (Å²) in [6.07, 6.45) is 8.10. The Labute approximate surface area is 111 Å². The third-order valence-corrected chi connectivity index (χ3v) is 5.12. The lowest BCUT2D eigenvalue weighted by Gasteiger charge is -2.33. The largest absolute Gasteiger partial charge is 0.353 e. The van der Waals surface area contributed by atoms with E-state index in [1.54, 1.807) is 0 Å². The summed E-state index contributed by atoms with van der Waals surface area (Å²) < 4.78 is 0. The molecule has 2 aliphatic rings. The van der Waals surface area contributed by atoms with E-state index in [-0.39, 0.29) is 5.41 Å². The minimum absolute atomic E-state index is 0.0453. The van der Waals surface area contributed by atoms with Gasteiger partial charge in [-0.1, -0.05) is 19.8 Å². The highest BCUT2D eigenvalue weighted by molar-refractivity contribution is 5.83. The predicted molar refractivity (Wildman–Crippen MR) is 74.4 cm³/mol. The number of piperidine rings is 1. The average Bonchev–Trinajstić information content (AvgIpc) is 2.89. The smallest absolute Gasteiger partial charge is 0.226 e. The standard InChI is InChI=1S/C15H28N2O/c1-3-15(8-4-5-9-15)14(18)17-12(2)13-7-6-10-16-11-13/h12-13,16H,3-11H2,1-2H3,(H,17,18). The van der Waals surface area contributed by atoms with Crippen molar-refractivity contribution in [1.82, 2.24) is 10.6 Å². The van der Waals surface area contributed by atoms with Crippen LogP contribution in [0.2, 0.25) is 0 Å². The van der Waals surface area contributed by atoms with E-state index in [2.05, 4.69) is 24.5 Å². The fourth-order valence-electron chi connectivity index (χ4n) is 3.58. The van der Waals surface area contributed by atoms with Crippen molar-refractivity contribution in [3.05, 3.63) is 0 Å². The molecule has 0 aromatic rings. The highest BCUT2D eigenvalue weighted by Gasteiger charge is 2.40. The van der Waals surface area contributed by atoms with Crippen molar-refractivity contribution < 1.29 is 4.79 Å². The van der Waals surface area contributed by atoms with E-state index < -0.39 is 0 Å². The normalized spacial score (nSPS) is 28.9. The fraction of sp³-hybridized carbons (Fsp3) is 0.933. The third kappa shape index (κ3) is 2.87. The Morgan fingerprint density at radius 1 is 1.39 bits per heavy atom. The number of nitrogens with one attached hydrogen (secondary N) is 2. The molecule has 1 saturated carbocycles. The Kier molecular flexibility index (Phi) is 4.66. The first-order valence-corrected chi connectivity index (χ1v) is 7.69. The van der Waals surface area contributed by atoms with Crippen LogP contribution in [-0.2, 0) is 4.79 Å². The van der Waals surface area contributed by atoms with Gasteiger partial charge in [-0.15, -0.1) is 0 Å². The summed E-state index contributed by atoms with van der Waals surface area (Å²) in [5.41, 5.74) is -0.0453. The molecule has 3 heteroatoms. The molecule has 104 valence electrons. The molecule has 0 bridgehead atoms. The van der Waals surface area contributed by atoms with Crippen LogP contribution >= 0.6 is 0 Å². The number of carbonyl (C=O) groups is 1. The molecule has 0 spiro atoms. The quantitative estimate of drug-likeness (QED) is 0.807. The van der Waals surface area contributed by atoms with Crippen LogP contribution in [0.5, 0.6) is 0 Å². The van der Waals surface area contributed by atoms with Gasteiger partial charge in [0.25, 0.3) is 0 Å². The molecule has 2 unspecified atom stereocenters. The van der Waals surface area contributed by atoms with E-state index in [4.69, 9.17) is 0 Å². The second-order valence-corrected chi connectivity index (χ2v) is 6.21. The van der Waals surface area contributed by atoms with Crippen molar-refractivity contribution in [3.63, 3.8) is 0 Å². The maximum atomic E-state index is 12.5. The zero-order chi connectivity index (χ0) is 13.0. The Morgan fingerprint density at radius 3 is 2.67 bits per heavy atom. The highest BCUT2D eigenvalue weighted by atomic mass is 16.2. The van der Waals surface area contributed by atoms with Crippen molar-refractivity contribution in [3.8, 4) is 0 Å². The first kappa shape index (κ1) is 13.9. The molecule has 2 N–H and O–H groups in total. The maximum Gasteiger partial charge on any atom is 0.226 e. The first-order valence-electron chi connectivity index (χ1n) is 7.69. The minimum Gasteiger partial charge on any atom is -0.353 e. The van der Waals surface area contributed by atoms with Crippen LogP contribution in [0, 0.1) is 11.3 Å². The Balaban J connectivity index is 1.89. The molecular weight excluding hydrogens is 224 g/mol. The van der Waals surface area contributed by atoms with Gasteiger partial charge in [-0.3, -0.25) is 4.79 Å². The van der Waals surface area contributed by atoms with Gasteiger partial charge in [0, 0.05) is 11.5 Å². The maximum absolute atomic E-state index is 12.5. The molecule has 1 heterocycles. The van der Waals surface area contributed by atoms with Gasteiger partial charge in [0.2, 0.25) is 5.91 Å². The summed E-state index contributed by atoms with van der Waals surface area (Å²) in [6, 6.07) is 0.314. The van der Waals surface area contributed by atoms with E-state index in [1.165, 1.54) is 25.7 Å². The summed E-state index contributed by atoms with van der Waals surface area (Å²) >= 11 is 0. The van der Waals surface area contributed by atoms with E-state index in [1.807, 2.05) is 0 Å². The lowest BCUT2D eigenvalue weighted by molar-refractivity contribution is -0.132. The summed E-state index contributed by atoms with van der Waals surface area (Å²) in [4.78, 5) is 12.5. The van der Waals surface area contributed by atoms with Crippen LogP contribution in [0.25, 0.3) is 0 Å². The molecular formula is C15H28N2O. The second kappa shape index (κ2) is 6.05. The van der Waals surface area contributed by atoms with Crippen LogP contribution in [0.15, 0.2) is 0 Å². The Morgan fingerprint density at radius 2 is 2.11 bits per heavy atom. The summed E-state index contributed by atoms with van der Waals surface area (Å²) in [7, 11) is 0. The van der Waals surface area contributed by atoms with E-state index >= 15 is 0 Å². The van der Waals surface area contributed by atoms with Crippen LogP contribution in [0.4, 0.5) is 0 Å². The zero-order valence-electron chi connectivity index (χ0n) is 11.9. The molecule has 1 aliphatic heterocycles. The lowest BCUT2D eigenvalue weighted by atomic mass is 9.81. The van der Waals surface area contributed by atoms with Crippen molar-refractivity contribution in [2.24, 2.45) is 11.3 Å². The van der Waals surface area contributed by atoms with Gasteiger partial charge in [-0.05, 0) is 58.0 Å². The van der Waals surface area contributed by atoms with Gasteiger partial charge < -0.3 is 10.6 Å². The number of rotatable bonds is 4. The molecule has 1 saturated heterocycles. The molecule has 2 fully saturated rings. The van der Waals surface area contributed by atoms with Gasteiger partial charge in [0.05, 0.1) is 0 Å². The van der Waals surface area contributed by atoms with Gasteiger partial charge >= 0.3 is 0 Å². The van der Waals surface area contributed by atoms with Crippen molar-refractivity contribution in [1.29, 1.82) is 0 Å². The SMILES string of the molecule is CCC1(C(=O)NC(C)C2CCCNC2)CCCC1. The van der Waals surface area contributed by atoms with Crippen LogP contribution in [0.3, 0.4) is 0 Å². The first-order chi connectivity index (χ1) is 8.68. The van der Waals surface area contributed by atoms with Gasteiger partial charge in [0.15, 0.2) is 0 Å². The Bertz CT molecular complexity index is 278. The molecule has 0 aromatic carbocycles. The molecule has 2 rings (SSSR count). The predicted octanol–water partition coefficient (Wildman–Crippen LogP) is 2.46. The van der Waals surface area contributed by atoms with Crippen molar-refractivity contribution in [2.45, 2.75) is 64.8 Å². The molecule has 2 atom stereocenters. The summed E-state index contributed by atoms with van der Waals surface area (Å²) in [5.74, 6) is 0.929. The number of hydrogen-bond donors (Lipinski definition) is 2. The lowest BCUT2D eigenvalue weighted by Crippen LogP contribution is -2.49. The van der Waals surface area contributed by atoms with E-state index in [9.17, 15) is 4.79 Å². The van der Waals surface area contributed by atoms with E-state index in [0.717, 1.165) is 32.4 Å². The fourth-order valence-corrected chi connectivity index (χ4v) is 3.58. The van der Waals surface area contributed by atoms with Crippen LogP contribution in [-0.4, -0.2) is 25.0 Å². The number of hydrogen-bond acceptors (Lipinski definition) is 2. The second-order valence-electron chi connectivity index (χ2n) is 6.21. The third-order valence-electron chi connectivity index (χ3n) is 5.12. The molecule has 0 radical (unpaired) electrons.